The number of benzene rings is 1. The van der Waals surface area contributed by atoms with Crippen LogP contribution in [-0.2, 0) is 22.6 Å². The van der Waals surface area contributed by atoms with Gasteiger partial charge in [0, 0.05) is 6.54 Å². The molecule has 22 heavy (non-hydrogen) atoms. The predicted molar refractivity (Wildman–Crippen MR) is 77.2 cm³/mol. The van der Waals surface area contributed by atoms with Crippen LogP contribution in [0.3, 0.4) is 0 Å². The molecule has 0 aromatic heterocycles. The predicted octanol–water partition coefficient (Wildman–Crippen LogP) is 0.180. The van der Waals surface area contributed by atoms with Crippen molar-refractivity contribution in [1.82, 2.24) is 15.5 Å². The van der Waals surface area contributed by atoms with Gasteiger partial charge in [-0.25, -0.2) is 4.79 Å². The van der Waals surface area contributed by atoms with E-state index in [0.29, 0.717) is 6.54 Å². The number of urea groups is 1. The zero-order valence-electron chi connectivity index (χ0n) is 12.1. The largest absolute Gasteiger partial charge is 0.493 e. The van der Waals surface area contributed by atoms with E-state index >= 15 is 0 Å². The molecule has 0 bridgehead atoms. The minimum absolute atomic E-state index is 0.0447. The third-order valence-electron chi connectivity index (χ3n) is 3.70. The lowest BCUT2D eigenvalue weighted by Gasteiger charge is -2.18. The van der Waals surface area contributed by atoms with Crippen LogP contribution in [-0.4, -0.2) is 42.4 Å². The number of carbonyl (C=O) groups is 3. The van der Waals surface area contributed by atoms with Crippen molar-refractivity contribution in [2.24, 2.45) is 0 Å². The molecule has 3 rings (SSSR count). The van der Waals surface area contributed by atoms with Crippen molar-refractivity contribution >= 4 is 17.8 Å². The van der Waals surface area contributed by atoms with E-state index in [4.69, 9.17) is 4.74 Å². The summed E-state index contributed by atoms with van der Waals surface area (Å²) in [6.07, 6.45) is 1.97. The summed E-state index contributed by atoms with van der Waals surface area (Å²) in [6, 6.07) is 5.31. The van der Waals surface area contributed by atoms with E-state index in [1.807, 2.05) is 18.2 Å². The van der Waals surface area contributed by atoms with Gasteiger partial charge in [0.05, 0.1) is 13.2 Å². The molecule has 1 fully saturated rings. The topological polar surface area (TPSA) is 87.7 Å². The molecule has 0 spiro atoms. The zero-order chi connectivity index (χ0) is 15.5. The van der Waals surface area contributed by atoms with Crippen LogP contribution in [0.1, 0.15) is 17.5 Å². The minimum Gasteiger partial charge on any atom is -0.493 e. The van der Waals surface area contributed by atoms with Gasteiger partial charge < -0.3 is 15.4 Å². The van der Waals surface area contributed by atoms with Crippen molar-refractivity contribution in [2.45, 2.75) is 19.4 Å². The highest BCUT2D eigenvalue weighted by molar-refractivity contribution is 6.04. The van der Waals surface area contributed by atoms with E-state index < -0.39 is 6.03 Å². The normalized spacial score (nSPS) is 16.8. The molecule has 2 heterocycles. The molecule has 2 N–H and O–H groups in total. The third-order valence-corrected chi connectivity index (χ3v) is 3.70. The Morgan fingerprint density at radius 1 is 1.36 bits per heavy atom. The number of amides is 4. The Bertz CT molecular complexity index is 613. The van der Waals surface area contributed by atoms with Crippen molar-refractivity contribution in [3.8, 4) is 5.75 Å². The van der Waals surface area contributed by atoms with Crippen LogP contribution < -0.4 is 15.4 Å². The Hall–Kier alpha value is -2.57. The number of rotatable bonds is 4. The number of nitrogens with one attached hydrogen (secondary N) is 2. The molecule has 1 aromatic carbocycles. The van der Waals surface area contributed by atoms with E-state index in [1.54, 1.807) is 0 Å². The van der Waals surface area contributed by atoms with Crippen molar-refractivity contribution in [3.63, 3.8) is 0 Å². The molecule has 4 amide bonds. The Balaban J connectivity index is 1.55. The molecular formula is C15H17N3O4. The maximum Gasteiger partial charge on any atom is 0.325 e. The lowest BCUT2D eigenvalue weighted by atomic mass is 10.0. The Kier molecular flexibility index (Phi) is 3.95. The van der Waals surface area contributed by atoms with Crippen LogP contribution in [0.25, 0.3) is 0 Å². The van der Waals surface area contributed by atoms with Gasteiger partial charge in [-0.15, -0.1) is 0 Å². The first-order valence-electron chi connectivity index (χ1n) is 7.23. The van der Waals surface area contributed by atoms with Crippen molar-refractivity contribution in [2.75, 3.05) is 19.7 Å². The van der Waals surface area contributed by atoms with Crippen molar-refractivity contribution in [3.05, 3.63) is 29.3 Å². The average Bonchev–Trinajstić information content (AvgIpc) is 2.84. The Morgan fingerprint density at radius 3 is 3.00 bits per heavy atom. The van der Waals surface area contributed by atoms with E-state index in [-0.39, 0.29) is 24.9 Å². The Labute approximate surface area is 127 Å². The van der Waals surface area contributed by atoms with Crippen LogP contribution in [0, 0.1) is 0 Å². The summed E-state index contributed by atoms with van der Waals surface area (Å²) < 4.78 is 5.54. The van der Waals surface area contributed by atoms with E-state index in [9.17, 15) is 14.4 Å². The summed E-state index contributed by atoms with van der Waals surface area (Å²) in [4.78, 5) is 35.5. The number of hydrogen-bond donors (Lipinski definition) is 2. The molecule has 2 aliphatic rings. The van der Waals surface area contributed by atoms with E-state index in [1.165, 1.54) is 0 Å². The molecule has 0 atom stereocenters. The molecule has 116 valence electrons. The van der Waals surface area contributed by atoms with Gasteiger partial charge in [-0.05, 0) is 30.0 Å². The first kappa shape index (κ1) is 14.4. The second kappa shape index (κ2) is 6.05. The molecule has 0 unspecified atom stereocenters. The van der Waals surface area contributed by atoms with Crippen LogP contribution in [0.15, 0.2) is 18.2 Å². The van der Waals surface area contributed by atoms with Gasteiger partial charge in [-0.2, -0.15) is 0 Å². The molecule has 0 radical (unpaired) electrons. The van der Waals surface area contributed by atoms with E-state index in [2.05, 4.69) is 10.6 Å². The van der Waals surface area contributed by atoms with Gasteiger partial charge in [0.15, 0.2) is 0 Å². The second-order valence-corrected chi connectivity index (χ2v) is 5.31. The minimum atomic E-state index is -0.522. The molecule has 2 aliphatic heterocycles. The third kappa shape index (κ3) is 3.03. The lowest BCUT2D eigenvalue weighted by molar-refractivity contribution is -0.130. The van der Waals surface area contributed by atoms with Gasteiger partial charge in [0.2, 0.25) is 5.91 Å². The second-order valence-electron chi connectivity index (χ2n) is 5.31. The Morgan fingerprint density at radius 2 is 2.23 bits per heavy atom. The fraction of sp³-hybridized carbons (Fsp3) is 0.400. The van der Waals surface area contributed by atoms with Gasteiger partial charge in [-0.3, -0.25) is 14.5 Å². The van der Waals surface area contributed by atoms with Crippen LogP contribution in [0.5, 0.6) is 5.75 Å². The molecule has 7 heteroatoms. The lowest BCUT2D eigenvalue weighted by Crippen LogP contribution is -2.40. The maximum atomic E-state index is 11.8. The molecule has 0 saturated carbocycles. The molecule has 0 aliphatic carbocycles. The zero-order valence-corrected chi connectivity index (χ0v) is 12.1. The van der Waals surface area contributed by atoms with Crippen LogP contribution >= 0.6 is 0 Å². The number of imide groups is 1. The van der Waals surface area contributed by atoms with Crippen LogP contribution in [0.2, 0.25) is 0 Å². The number of hydrogen-bond acceptors (Lipinski definition) is 4. The maximum absolute atomic E-state index is 11.8. The van der Waals surface area contributed by atoms with Crippen molar-refractivity contribution < 1.29 is 19.1 Å². The summed E-state index contributed by atoms with van der Waals surface area (Å²) in [5, 5.41) is 5.10. The summed E-state index contributed by atoms with van der Waals surface area (Å²) >= 11 is 0. The van der Waals surface area contributed by atoms with Gasteiger partial charge in [0.1, 0.15) is 12.3 Å². The summed E-state index contributed by atoms with van der Waals surface area (Å²) in [5.74, 6) is 0.158. The molecule has 7 nitrogen and oxygen atoms in total. The quantitative estimate of drug-likeness (QED) is 0.777. The first-order chi connectivity index (χ1) is 10.6. The highest BCUT2D eigenvalue weighted by Gasteiger charge is 2.29. The van der Waals surface area contributed by atoms with Gasteiger partial charge in [-0.1, -0.05) is 12.1 Å². The SMILES string of the molecule is O=C(CN1C(=O)CNC1=O)NCc1ccc2c(c1)CCCO2. The fourth-order valence-electron chi connectivity index (χ4n) is 2.54. The van der Waals surface area contributed by atoms with Gasteiger partial charge in [0.25, 0.3) is 5.91 Å². The smallest absolute Gasteiger partial charge is 0.325 e. The van der Waals surface area contributed by atoms with E-state index in [0.717, 1.165) is 41.2 Å². The summed E-state index contributed by atoms with van der Waals surface area (Å²) in [5.41, 5.74) is 2.11. The highest BCUT2D eigenvalue weighted by atomic mass is 16.5. The summed E-state index contributed by atoms with van der Waals surface area (Å²) in [6.45, 7) is 0.806. The number of aryl methyl sites for hydroxylation is 1. The van der Waals surface area contributed by atoms with Crippen molar-refractivity contribution in [1.29, 1.82) is 0 Å². The average molecular weight is 303 g/mol. The number of ether oxygens (including phenoxy) is 1. The summed E-state index contributed by atoms with van der Waals surface area (Å²) in [7, 11) is 0. The monoisotopic (exact) mass is 303 g/mol. The fourth-order valence-corrected chi connectivity index (χ4v) is 2.54. The molecular weight excluding hydrogens is 286 g/mol. The number of nitrogens with zero attached hydrogens (tertiary/aromatic N) is 1. The number of carbonyl (C=O) groups excluding carboxylic acids is 3. The molecule has 1 aromatic rings. The van der Waals surface area contributed by atoms with Crippen LogP contribution in [0.4, 0.5) is 4.79 Å². The number of fused-ring (bicyclic) bond motifs is 1. The molecule has 1 saturated heterocycles. The standard InChI is InChI=1S/C15H17N3O4/c19-13(9-18-14(20)8-17-15(18)21)16-7-10-3-4-12-11(6-10)2-1-5-22-12/h3-4,6H,1-2,5,7-9H2,(H,16,19)(H,17,21). The highest BCUT2D eigenvalue weighted by Crippen LogP contribution is 2.25. The van der Waals surface area contributed by atoms with Gasteiger partial charge >= 0.3 is 6.03 Å². The first-order valence-corrected chi connectivity index (χ1v) is 7.23.